The summed E-state index contributed by atoms with van der Waals surface area (Å²) < 4.78 is 0. The predicted octanol–water partition coefficient (Wildman–Crippen LogP) is 1.25. The third-order valence-electron chi connectivity index (χ3n) is 2.36. The van der Waals surface area contributed by atoms with E-state index in [0.29, 0.717) is 11.2 Å². The second-order valence-electron chi connectivity index (χ2n) is 3.42. The van der Waals surface area contributed by atoms with E-state index in [1.807, 2.05) is 0 Å². The number of halogens is 1. The molecule has 0 saturated carbocycles. The number of hydrogen-bond donors (Lipinski definition) is 1. The summed E-state index contributed by atoms with van der Waals surface area (Å²) in [4.78, 5) is 10.4. The smallest absolute Gasteiger partial charge is 0.149 e. The van der Waals surface area contributed by atoms with Crippen molar-refractivity contribution in [3.63, 3.8) is 0 Å². The lowest BCUT2D eigenvalue weighted by atomic mass is 10.1. The fourth-order valence-corrected chi connectivity index (χ4v) is 1.69. The van der Waals surface area contributed by atoms with Crippen LogP contribution in [0.2, 0.25) is 5.15 Å². The maximum Gasteiger partial charge on any atom is 0.149 e. The van der Waals surface area contributed by atoms with Crippen LogP contribution in [-0.2, 0) is 0 Å². The number of aromatic nitrogens is 2. The molecular weight excluding hydrogens is 200 g/mol. The molecule has 1 N–H and O–H groups in total. The van der Waals surface area contributed by atoms with Crippen LogP contribution in [0.1, 0.15) is 6.92 Å². The Bertz CT molecular complexity index is 311. The van der Waals surface area contributed by atoms with Gasteiger partial charge in [0.05, 0.1) is 18.4 Å². The molecule has 0 unspecified atom stereocenters. The van der Waals surface area contributed by atoms with Crippen LogP contribution in [0.3, 0.4) is 0 Å². The van der Waals surface area contributed by atoms with E-state index < -0.39 is 0 Å². The second kappa shape index (κ2) is 4.11. The molecular formula is C9H13ClN4. The monoisotopic (exact) mass is 212 g/mol. The van der Waals surface area contributed by atoms with Gasteiger partial charge in [0.25, 0.3) is 0 Å². The van der Waals surface area contributed by atoms with E-state index in [2.05, 4.69) is 27.1 Å². The Balaban J connectivity index is 1.87. The summed E-state index contributed by atoms with van der Waals surface area (Å²) in [6.07, 6.45) is 3.23. The van der Waals surface area contributed by atoms with Crippen LogP contribution in [0.15, 0.2) is 12.4 Å². The highest BCUT2D eigenvalue weighted by Crippen LogP contribution is 2.13. The molecule has 0 radical (unpaired) electrons. The maximum atomic E-state index is 5.72. The molecule has 5 heteroatoms. The highest BCUT2D eigenvalue weighted by Gasteiger charge is 2.24. The van der Waals surface area contributed by atoms with Crippen LogP contribution >= 0.6 is 11.6 Å². The second-order valence-corrected chi connectivity index (χ2v) is 3.81. The first-order chi connectivity index (χ1) is 6.78. The molecule has 1 aromatic heterocycles. The van der Waals surface area contributed by atoms with Gasteiger partial charge in [-0.15, -0.1) is 0 Å². The molecule has 0 spiro atoms. The van der Waals surface area contributed by atoms with E-state index in [1.165, 1.54) is 6.20 Å². The molecule has 0 aliphatic carbocycles. The Morgan fingerprint density at radius 3 is 3.00 bits per heavy atom. The minimum Gasteiger partial charge on any atom is -0.363 e. The van der Waals surface area contributed by atoms with Crippen LogP contribution in [-0.4, -0.2) is 40.5 Å². The largest absolute Gasteiger partial charge is 0.363 e. The minimum atomic E-state index is 0.432. The number of likely N-dealkylation sites (N-methyl/N-ethyl adjacent to an activating group) is 1. The summed E-state index contributed by atoms with van der Waals surface area (Å²) in [5.74, 6) is 0.762. The summed E-state index contributed by atoms with van der Waals surface area (Å²) >= 11 is 5.72. The van der Waals surface area contributed by atoms with Crippen molar-refractivity contribution >= 4 is 17.4 Å². The number of nitrogens with one attached hydrogen (secondary N) is 1. The van der Waals surface area contributed by atoms with E-state index in [4.69, 9.17) is 11.6 Å². The topological polar surface area (TPSA) is 41.0 Å². The zero-order chi connectivity index (χ0) is 9.97. The normalized spacial score (nSPS) is 17.9. The Labute approximate surface area is 88.3 Å². The standard InChI is InChI=1S/C9H13ClN4/c1-2-14-5-7(6-14)12-9-4-11-3-8(10)13-9/h3-4,7H,2,5-6H2,1H3,(H,12,13). The van der Waals surface area contributed by atoms with E-state index >= 15 is 0 Å². The molecule has 0 amide bonds. The van der Waals surface area contributed by atoms with Gasteiger partial charge < -0.3 is 5.32 Å². The summed E-state index contributed by atoms with van der Waals surface area (Å²) in [5, 5.41) is 3.72. The molecule has 1 fully saturated rings. The first-order valence-corrected chi connectivity index (χ1v) is 5.12. The van der Waals surface area contributed by atoms with Crippen molar-refractivity contribution in [1.82, 2.24) is 14.9 Å². The predicted molar refractivity (Wildman–Crippen MR) is 56.6 cm³/mol. The molecule has 1 aliphatic heterocycles. The van der Waals surface area contributed by atoms with Crippen molar-refractivity contribution < 1.29 is 0 Å². The van der Waals surface area contributed by atoms with E-state index in [1.54, 1.807) is 6.20 Å². The zero-order valence-corrected chi connectivity index (χ0v) is 8.83. The van der Waals surface area contributed by atoms with Gasteiger partial charge in [0, 0.05) is 13.1 Å². The first-order valence-electron chi connectivity index (χ1n) is 4.74. The van der Waals surface area contributed by atoms with Crippen molar-refractivity contribution in [2.45, 2.75) is 13.0 Å². The summed E-state index contributed by atoms with van der Waals surface area (Å²) in [6.45, 7) is 5.42. The highest BCUT2D eigenvalue weighted by molar-refractivity contribution is 6.29. The SMILES string of the molecule is CCN1CC(Nc2cncc(Cl)n2)C1. The Kier molecular flexibility index (Phi) is 2.84. The molecule has 1 aromatic rings. The number of anilines is 1. The Hall–Kier alpha value is -0.870. The Morgan fingerprint density at radius 1 is 1.57 bits per heavy atom. The maximum absolute atomic E-state index is 5.72. The van der Waals surface area contributed by atoms with E-state index in [9.17, 15) is 0 Å². The molecule has 76 valence electrons. The van der Waals surface area contributed by atoms with Gasteiger partial charge in [-0.3, -0.25) is 9.88 Å². The van der Waals surface area contributed by atoms with Crippen molar-refractivity contribution in [3.05, 3.63) is 17.5 Å². The molecule has 2 heterocycles. The number of nitrogens with zero attached hydrogens (tertiary/aromatic N) is 3. The number of hydrogen-bond acceptors (Lipinski definition) is 4. The van der Waals surface area contributed by atoms with E-state index in [0.717, 1.165) is 25.5 Å². The number of rotatable bonds is 3. The zero-order valence-electron chi connectivity index (χ0n) is 8.07. The van der Waals surface area contributed by atoms with Gasteiger partial charge >= 0.3 is 0 Å². The average Bonchev–Trinajstić information content (AvgIpc) is 2.10. The lowest BCUT2D eigenvalue weighted by molar-refractivity contribution is 0.171. The van der Waals surface area contributed by atoms with Crippen LogP contribution < -0.4 is 5.32 Å². The lowest BCUT2D eigenvalue weighted by Gasteiger charge is -2.38. The molecule has 14 heavy (non-hydrogen) atoms. The third-order valence-corrected chi connectivity index (χ3v) is 2.54. The van der Waals surface area contributed by atoms with Gasteiger partial charge in [-0.25, -0.2) is 4.98 Å². The quantitative estimate of drug-likeness (QED) is 0.819. The van der Waals surface area contributed by atoms with Gasteiger partial charge in [-0.05, 0) is 6.54 Å². The van der Waals surface area contributed by atoms with Crippen molar-refractivity contribution in [2.75, 3.05) is 25.0 Å². The fraction of sp³-hybridized carbons (Fsp3) is 0.556. The fourth-order valence-electron chi connectivity index (χ4n) is 1.54. The summed E-state index contributed by atoms with van der Waals surface area (Å²) in [5.41, 5.74) is 0. The molecule has 1 saturated heterocycles. The van der Waals surface area contributed by atoms with Crippen molar-refractivity contribution in [3.8, 4) is 0 Å². The van der Waals surface area contributed by atoms with Crippen molar-refractivity contribution in [1.29, 1.82) is 0 Å². The van der Waals surface area contributed by atoms with Gasteiger partial charge in [0.2, 0.25) is 0 Å². The Morgan fingerprint density at radius 2 is 2.36 bits per heavy atom. The number of likely N-dealkylation sites (tertiary alicyclic amines) is 1. The molecule has 0 aromatic carbocycles. The van der Waals surface area contributed by atoms with Gasteiger partial charge in [0.1, 0.15) is 11.0 Å². The van der Waals surface area contributed by atoms with Gasteiger partial charge in [-0.2, -0.15) is 0 Å². The molecule has 0 bridgehead atoms. The van der Waals surface area contributed by atoms with Crippen LogP contribution in [0.25, 0.3) is 0 Å². The van der Waals surface area contributed by atoms with Gasteiger partial charge in [-0.1, -0.05) is 18.5 Å². The molecule has 2 rings (SSSR count). The molecule has 1 aliphatic rings. The summed E-state index contributed by atoms with van der Waals surface area (Å²) in [6, 6.07) is 0.489. The third kappa shape index (κ3) is 2.13. The van der Waals surface area contributed by atoms with Gasteiger partial charge in [0.15, 0.2) is 0 Å². The summed E-state index contributed by atoms with van der Waals surface area (Å²) in [7, 11) is 0. The van der Waals surface area contributed by atoms with Crippen LogP contribution in [0, 0.1) is 0 Å². The van der Waals surface area contributed by atoms with E-state index in [-0.39, 0.29) is 0 Å². The molecule has 0 atom stereocenters. The average molecular weight is 213 g/mol. The van der Waals surface area contributed by atoms with Crippen molar-refractivity contribution in [2.24, 2.45) is 0 Å². The van der Waals surface area contributed by atoms with Crippen LogP contribution in [0.4, 0.5) is 5.82 Å². The minimum absolute atomic E-state index is 0.432. The van der Waals surface area contributed by atoms with Crippen LogP contribution in [0.5, 0.6) is 0 Å². The first kappa shape index (κ1) is 9.68. The highest BCUT2D eigenvalue weighted by atomic mass is 35.5. The molecule has 4 nitrogen and oxygen atoms in total. The lowest BCUT2D eigenvalue weighted by Crippen LogP contribution is -2.54.